The van der Waals surface area contributed by atoms with Gasteiger partial charge in [-0.3, -0.25) is 9.59 Å². The Balaban J connectivity index is 1.22. The maximum absolute atomic E-state index is 11.8. The van der Waals surface area contributed by atoms with Crippen LogP contribution in [0.3, 0.4) is 0 Å². The van der Waals surface area contributed by atoms with Crippen LogP contribution >= 0.6 is 94.1 Å². The molecule has 2 heterocycles. The van der Waals surface area contributed by atoms with E-state index >= 15 is 0 Å². The molecule has 0 aliphatic carbocycles. The number of fused-ring (bicyclic) bond motifs is 1. The van der Waals surface area contributed by atoms with Crippen LogP contribution in [-0.2, 0) is 9.59 Å². The van der Waals surface area contributed by atoms with Gasteiger partial charge in [0.05, 0.1) is 9.16 Å². The summed E-state index contributed by atoms with van der Waals surface area (Å²) < 4.78 is 1.15. The lowest BCUT2D eigenvalue weighted by atomic mass is 10.1. The van der Waals surface area contributed by atoms with Crippen molar-refractivity contribution in [1.29, 1.82) is 0 Å². The molecular weight excluding hydrogens is 625 g/mol. The maximum Gasteiger partial charge on any atom is 0.214 e. The number of rotatable bonds is 12. The van der Waals surface area contributed by atoms with E-state index < -0.39 is 0 Å². The zero-order chi connectivity index (χ0) is 27.1. The Bertz CT molecular complexity index is 1100. The van der Waals surface area contributed by atoms with Crippen LogP contribution in [0.4, 0.5) is 0 Å². The lowest BCUT2D eigenvalue weighted by Crippen LogP contribution is -2.08. The van der Waals surface area contributed by atoms with Crippen molar-refractivity contribution in [2.45, 2.75) is 43.3 Å². The van der Waals surface area contributed by atoms with E-state index in [9.17, 15) is 9.59 Å². The fourth-order valence-corrected chi connectivity index (χ4v) is 15.1. The van der Waals surface area contributed by atoms with Crippen LogP contribution in [0.15, 0.2) is 70.5 Å². The topological polar surface area (TPSA) is 34.1 Å². The first-order chi connectivity index (χ1) is 18.3. The van der Waals surface area contributed by atoms with Crippen LogP contribution in [0, 0.1) is 0 Å². The van der Waals surface area contributed by atoms with Gasteiger partial charge < -0.3 is 0 Å². The van der Waals surface area contributed by atoms with Crippen molar-refractivity contribution in [3.05, 3.63) is 60.7 Å². The van der Waals surface area contributed by atoms with Gasteiger partial charge in [-0.2, -0.15) is 0 Å². The molecule has 2 nitrogen and oxygen atoms in total. The molecule has 0 radical (unpaired) electrons. The number of benzene rings is 2. The summed E-state index contributed by atoms with van der Waals surface area (Å²) >= 11 is 14.8. The van der Waals surface area contributed by atoms with Crippen molar-refractivity contribution in [2.75, 3.05) is 34.5 Å². The van der Waals surface area contributed by atoms with Gasteiger partial charge in [0.1, 0.15) is 0 Å². The second kappa shape index (κ2) is 15.5. The Labute approximate surface area is 261 Å². The standard InChI is InChI=1S/C28H32O2S8/c1-17(2)27(29)35-13-23-11-33-25(37-23)15-31-21-7-5-19-6-8-22(10-20(19)9-21)32-16-26-34-12-24(38-26)14-36-28(30)18(3)4/h5-10,23-26H,1,3,11-16H2,2,4H3. The molecule has 0 saturated carbocycles. The SMILES string of the molecule is C=C(C)C(=O)SCC1CSC(CSc2ccc3ccc(SCC4SCC(CSC(=O)C(=C)C)S4)cc3c2)S1. The second-order valence-corrected chi connectivity index (χ2v) is 19.3. The van der Waals surface area contributed by atoms with Gasteiger partial charge in [-0.05, 0) is 60.0 Å². The Morgan fingerprint density at radius 2 is 1.18 bits per heavy atom. The summed E-state index contributed by atoms with van der Waals surface area (Å²) in [5.41, 5.74) is 1.28. The number of carbonyl (C=O) groups excluding carboxylic acids is 2. The van der Waals surface area contributed by atoms with Crippen LogP contribution in [-0.4, -0.2) is 64.4 Å². The van der Waals surface area contributed by atoms with E-state index in [1.165, 1.54) is 44.1 Å². The largest absolute Gasteiger partial charge is 0.282 e. The normalized spacial score (nSPS) is 23.1. The van der Waals surface area contributed by atoms with E-state index in [1.807, 2.05) is 70.6 Å². The molecule has 2 fully saturated rings. The zero-order valence-corrected chi connectivity index (χ0v) is 28.0. The molecule has 2 saturated heterocycles. The first-order valence-corrected chi connectivity index (χ1v) is 20.2. The minimum absolute atomic E-state index is 0.123. The quantitative estimate of drug-likeness (QED) is 0.163. The van der Waals surface area contributed by atoms with Crippen LogP contribution in [0.5, 0.6) is 0 Å². The van der Waals surface area contributed by atoms with Crippen molar-refractivity contribution in [2.24, 2.45) is 0 Å². The summed E-state index contributed by atoms with van der Waals surface area (Å²) in [4.78, 5) is 26.3. The smallest absolute Gasteiger partial charge is 0.214 e. The summed E-state index contributed by atoms with van der Waals surface area (Å²) in [5, 5.41) is 3.92. The molecule has 2 aromatic carbocycles. The van der Waals surface area contributed by atoms with Crippen molar-refractivity contribution in [3.63, 3.8) is 0 Å². The molecule has 0 spiro atoms. The number of hydrogen-bond acceptors (Lipinski definition) is 10. The van der Waals surface area contributed by atoms with Crippen LogP contribution in [0.25, 0.3) is 10.8 Å². The van der Waals surface area contributed by atoms with Crippen molar-refractivity contribution in [3.8, 4) is 0 Å². The molecule has 2 aromatic rings. The zero-order valence-electron chi connectivity index (χ0n) is 21.5. The van der Waals surface area contributed by atoms with Gasteiger partial charge in [0, 0.05) is 54.8 Å². The highest BCUT2D eigenvalue weighted by molar-refractivity contribution is 8.23. The summed E-state index contributed by atoms with van der Waals surface area (Å²) in [7, 11) is 0. The summed E-state index contributed by atoms with van der Waals surface area (Å²) in [5.74, 6) is 6.17. The number of hydrogen-bond donors (Lipinski definition) is 0. The summed E-state index contributed by atoms with van der Waals surface area (Å²) in [6.07, 6.45) is 0. The molecule has 4 unspecified atom stereocenters. The van der Waals surface area contributed by atoms with E-state index in [0.717, 1.165) is 34.5 Å². The minimum atomic E-state index is 0.123. The van der Waals surface area contributed by atoms with Crippen LogP contribution < -0.4 is 0 Å². The van der Waals surface area contributed by atoms with E-state index in [4.69, 9.17) is 0 Å². The van der Waals surface area contributed by atoms with E-state index in [0.29, 0.717) is 30.8 Å². The highest BCUT2D eigenvalue weighted by atomic mass is 32.2. The fourth-order valence-electron chi connectivity index (χ4n) is 3.66. The third-order valence-electron chi connectivity index (χ3n) is 5.68. The van der Waals surface area contributed by atoms with Gasteiger partial charge in [-0.15, -0.1) is 70.6 Å². The molecule has 0 bridgehead atoms. The minimum Gasteiger partial charge on any atom is -0.282 e. The van der Waals surface area contributed by atoms with E-state index in [-0.39, 0.29) is 10.2 Å². The fraction of sp³-hybridized carbons (Fsp3) is 0.429. The van der Waals surface area contributed by atoms with Gasteiger partial charge in [-0.1, -0.05) is 48.8 Å². The molecule has 4 atom stereocenters. The lowest BCUT2D eigenvalue weighted by molar-refractivity contribution is -0.108. The first kappa shape index (κ1) is 31.3. The maximum atomic E-state index is 11.8. The summed E-state index contributed by atoms with van der Waals surface area (Å²) in [6.45, 7) is 11.1. The molecule has 0 aromatic heterocycles. The average molecular weight is 657 g/mol. The van der Waals surface area contributed by atoms with Gasteiger partial charge in [-0.25, -0.2) is 0 Å². The molecule has 4 rings (SSSR count). The first-order valence-electron chi connectivity index (χ1n) is 12.3. The predicted molar refractivity (Wildman–Crippen MR) is 185 cm³/mol. The van der Waals surface area contributed by atoms with Gasteiger partial charge in [0.2, 0.25) is 10.2 Å². The van der Waals surface area contributed by atoms with Gasteiger partial charge in [0.15, 0.2) is 0 Å². The third-order valence-corrected chi connectivity index (χ3v) is 18.0. The number of thioether (sulfide) groups is 8. The molecule has 0 N–H and O–H groups in total. The molecule has 204 valence electrons. The highest BCUT2D eigenvalue weighted by Crippen LogP contribution is 2.43. The van der Waals surface area contributed by atoms with Crippen LogP contribution in [0.2, 0.25) is 0 Å². The highest BCUT2D eigenvalue weighted by Gasteiger charge is 2.28. The van der Waals surface area contributed by atoms with Gasteiger partial charge in [0.25, 0.3) is 0 Å². The average Bonchev–Trinajstić information content (AvgIpc) is 3.56. The van der Waals surface area contributed by atoms with E-state index in [1.54, 1.807) is 13.8 Å². The van der Waals surface area contributed by atoms with Crippen molar-refractivity contribution < 1.29 is 9.59 Å². The molecule has 0 amide bonds. The molecular formula is C28H32O2S8. The summed E-state index contributed by atoms with van der Waals surface area (Å²) in [6, 6.07) is 13.6. The molecule has 2 aliphatic rings. The number of carbonyl (C=O) groups is 2. The van der Waals surface area contributed by atoms with Gasteiger partial charge >= 0.3 is 0 Å². The monoisotopic (exact) mass is 656 g/mol. The molecule has 2 aliphatic heterocycles. The Morgan fingerprint density at radius 3 is 1.61 bits per heavy atom. The molecule has 10 heteroatoms. The lowest BCUT2D eigenvalue weighted by Gasteiger charge is -2.11. The Morgan fingerprint density at radius 1 is 0.737 bits per heavy atom. The Hall–Kier alpha value is 0.320. The van der Waals surface area contributed by atoms with Crippen molar-refractivity contribution in [1.82, 2.24) is 0 Å². The Kier molecular flexibility index (Phi) is 12.8. The third kappa shape index (κ3) is 9.71. The predicted octanol–water partition coefficient (Wildman–Crippen LogP) is 9.05. The van der Waals surface area contributed by atoms with Crippen molar-refractivity contribution >= 4 is 115 Å². The van der Waals surface area contributed by atoms with Crippen LogP contribution in [0.1, 0.15) is 13.8 Å². The second-order valence-electron chi connectivity index (χ2n) is 9.09. The van der Waals surface area contributed by atoms with E-state index in [2.05, 4.69) is 49.6 Å². The molecule has 38 heavy (non-hydrogen) atoms.